The van der Waals surface area contributed by atoms with Crippen molar-refractivity contribution in [2.24, 2.45) is 0 Å². The molecule has 0 aliphatic carbocycles. The van der Waals surface area contributed by atoms with Gasteiger partial charge in [-0.3, -0.25) is 19.2 Å². The Morgan fingerprint density at radius 3 is 2.43 bits per heavy atom. The first kappa shape index (κ1) is 17.9. The van der Waals surface area contributed by atoms with Crippen LogP contribution in [0, 0.1) is 0 Å². The summed E-state index contributed by atoms with van der Waals surface area (Å²) in [7, 11) is 0. The summed E-state index contributed by atoms with van der Waals surface area (Å²) in [5.41, 5.74) is 0. The van der Waals surface area contributed by atoms with Crippen LogP contribution >= 0.6 is 22.6 Å². The summed E-state index contributed by atoms with van der Waals surface area (Å²) < 4.78 is -0.0541. The average Bonchev–Trinajstić information content (AvgIpc) is 2.90. The monoisotopic (exact) mass is 409 g/mol. The second-order valence-electron chi connectivity index (χ2n) is 4.87. The molecule has 0 spiro atoms. The van der Waals surface area contributed by atoms with Gasteiger partial charge >= 0.3 is 0 Å². The first-order chi connectivity index (χ1) is 9.91. The van der Waals surface area contributed by atoms with Crippen molar-refractivity contribution in [3.63, 3.8) is 0 Å². The molecule has 118 valence electrons. The molecule has 1 aliphatic heterocycles. The molecule has 1 saturated heterocycles. The van der Waals surface area contributed by atoms with Crippen molar-refractivity contribution in [2.75, 3.05) is 19.6 Å². The van der Waals surface area contributed by atoms with Crippen LogP contribution in [0.1, 0.15) is 32.6 Å². The maximum Gasteiger partial charge on any atom is 0.242 e. The summed E-state index contributed by atoms with van der Waals surface area (Å²) in [5.74, 6) is -0.482. The number of amides is 3. The number of hydrogen-bond donors (Lipinski definition) is 2. The molecule has 0 saturated carbocycles. The molecule has 3 amide bonds. The summed E-state index contributed by atoms with van der Waals surface area (Å²) >= 11 is 1.65. The predicted molar refractivity (Wildman–Crippen MR) is 84.7 cm³/mol. The zero-order valence-electron chi connectivity index (χ0n) is 12.0. The largest absolute Gasteiger partial charge is 0.354 e. The molecule has 8 heteroatoms. The molecule has 21 heavy (non-hydrogen) atoms. The van der Waals surface area contributed by atoms with Crippen molar-refractivity contribution < 1.29 is 19.2 Å². The second-order valence-corrected chi connectivity index (χ2v) is 6.07. The Balaban J connectivity index is 2.20. The van der Waals surface area contributed by atoms with Gasteiger partial charge in [0, 0.05) is 39.4 Å². The molecule has 1 heterocycles. The summed E-state index contributed by atoms with van der Waals surface area (Å²) in [4.78, 5) is 47.0. The van der Waals surface area contributed by atoms with Gasteiger partial charge in [0.25, 0.3) is 0 Å². The third kappa shape index (κ3) is 6.40. The quantitative estimate of drug-likeness (QED) is 0.351. The van der Waals surface area contributed by atoms with Crippen LogP contribution in [0.2, 0.25) is 0 Å². The molecule has 2 N–H and O–H groups in total. The number of nitrogens with one attached hydrogen (secondary N) is 2. The minimum absolute atomic E-state index is 0.0541. The molecule has 1 atom stereocenters. The van der Waals surface area contributed by atoms with Gasteiger partial charge in [-0.1, -0.05) is 0 Å². The number of nitrogens with zero attached hydrogens (tertiary/aromatic N) is 1. The Morgan fingerprint density at radius 1 is 1.14 bits per heavy atom. The normalized spacial score (nSPS) is 17.4. The molecule has 1 rings (SSSR count). The summed E-state index contributed by atoms with van der Waals surface area (Å²) in [6.45, 7) is 2.70. The van der Waals surface area contributed by atoms with Gasteiger partial charge in [-0.05, 0) is 35.4 Å². The van der Waals surface area contributed by atoms with Crippen LogP contribution in [0.15, 0.2) is 0 Å². The maximum absolute atomic E-state index is 12.0. The van der Waals surface area contributed by atoms with Gasteiger partial charge in [-0.2, -0.15) is 0 Å². The van der Waals surface area contributed by atoms with Crippen LogP contribution in [0.25, 0.3) is 0 Å². The molecular weight excluding hydrogens is 389 g/mol. The van der Waals surface area contributed by atoms with Crippen LogP contribution in [0.4, 0.5) is 0 Å². The van der Waals surface area contributed by atoms with E-state index in [0.29, 0.717) is 26.1 Å². The maximum atomic E-state index is 12.0. The molecule has 1 fully saturated rings. The molecular formula is C13H20IN3O4. The smallest absolute Gasteiger partial charge is 0.242 e. The van der Waals surface area contributed by atoms with Gasteiger partial charge in [-0.15, -0.1) is 0 Å². The minimum Gasteiger partial charge on any atom is -0.354 e. The molecule has 0 aromatic rings. The topological polar surface area (TPSA) is 95.6 Å². The summed E-state index contributed by atoms with van der Waals surface area (Å²) in [5, 5.41) is 5.34. The van der Waals surface area contributed by atoms with Gasteiger partial charge in [0.2, 0.25) is 17.7 Å². The van der Waals surface area contributed by atoms with Crippen LogP contribution in [0.5, 0.6) is 0 Å². The minimum atomic E-state index is -0.394. The lowest BCUT2D eigenvalue weighted by Crippen LogP contribution is -2.46. The van der Waals surface area contributed by atoms with Gasteiger partial charge in [0.15, 0.2) is 3.79 Å². The fourth-order valence-corrected chi connectivity index (χ4v) is 2.49. The highest BCUT2D eigenvalue weighted by molar-refractivity contribution is 14.1. The zero-order valence-corrected chi connectivity index (χ0v) is 14.1. The average molecular weight is 409 g/mol. The number of carbonyl (C=O) groups excluding carboxylic acids is 4. The van der Waals surface area contributed by atoms with E-state index >= 15 is 0 Å². The third-order valence-electron chi connectivity index (χ3n) is 3.25. The van der Waals surface area contributed by atoms with Gasteiger partial charge in [-0.25, -0.2) is 0 Å². The highest BCUT2D eigenvalue weighted by Gasteiger charge is 2.31. The van der Waals surface area contributed by atoms with Crippen molar-refractivity contribution in [1.82, 2.24) is 15.5 Å². The van der Waals surface area contributed by atoms with Crippen LogP contribution in [-0.4, -0.2) is 52.1 Å². The fourth-order valence-electron chi connectivity index (χ4n) is 2.22. The van der Waals surface area contributed by atoms with Crippen molar-refractivity contribution in [3.8, 4) is 0 Å². The Kier molecular flexibility index (Phi) is 7.62. The Labute approximate surface area is 137 Å². The summed E-state index contributed by atoms with van der Waals surface area (Å²) in [6.07, 6.45) is 1.89. The molecule has 7 nitrogen and oxygen atoms in total. The summed E-state index contributed by atoms with van der Waals surface area (Å²) in [6, 6.07) is -0.394. The van der Waals surface area contributed by atoms with Crippen molar-refractivity contribution in [1.29, 1.82) is 0 Å². The van der Waals surface area contributed by atoms with Crippen molar-refractivity contribution in [2.45, 2.75) is 38.6 Å². The van der Waals surface area contributed by atoms with E-state index in [4.69, 9.17) is 0 Å². The van der Waals surface area contributed by atoms with E-state index in [1.165, 1.54) is 6.92 Å². The Hall–Kier alpha value is -1.19. The van der Waals surface area contributed by atoms with E-state index in [-0.39, 0.29) is 34.4 Å². The van der Waals surface area contributed by atoms with E-state index in [9.17, 15) is 19.2 Å². The first-order valence-corrected chi connectivity index (χ1v) is 7.99. The SMILES string of the molecule is CC(=O)N1CCCC1C(=O)NCCNC(=O)CCC(=O)I. The van der Waals surface area contributed by atoms with E-state index in [1.807, 2.05) is 0 Å². The van der Waals surface area contributed by atoms with Gasteiger partial charge < -0.3 is 15.5 Å². The van der Waals surface area contributed by atoms with Crippen LogP contribution < -0.4 is 10.6 Å². The number of carbonyl (C=O) groups is 4. The number of hydrogen-bond acceptors (Lipinski definition) is 4. The lowest BCUT2D eigenvalue weighted by atomic mass is 10.2. The highest BCUT2D eigenvalue weighted by Crippen LogP contribution is 2.17. The molecule has 0 aromatic carbocycles. The second kappa shape index (κ2) is 8.96. The van der Waals surface area contributed by atoms with E-state index in [1.54, 1.807) is 27.5 Å². The van der Waals surface area contributed by atoms with E-state index in [0.717, 1.165) is 6.42 Å². The molecule has 0 aromatic heterocycles. The van der Waals surface area contributed by atoms with Crippen molar-refractivity contribution in [3.05, 3.63) is 0 Å². The van der Waals surface area contributed by atoms with Crippen molar-refractivity contribution >= 4 is 44.1 Å². The number of rotatable bonds is 7. The standard InChI is InChI=1S/C13H20IN3O4/c1-9(18)17-8-2-3-10(17)13(21)16-7-6-15-12(20)5-4-11(14)19/h10H,2-8H2,1H3,(H,15,20)(H,16,21). The van der Waals surface area contributed by atoms with Crippen LogP contribution in [0.3, 0.4) is 0 Å². The molecule has 0 radical (unpaired) electrons. The third-order valence-corrected chi connectivity index (χ3v) is 3.79. The Bertz CT molecular complexity index is 428. The fraction of sp³-hybridized carbons (Fsp3) is 0.692. The molecule has 1 unspecified atom stereocenters. The lowest BCUT2D eigenvalue weighted by molar-refractivity contribution is -0.136. The molecule has 1 aliphatic rings. The van der Waals surface area contributed by atoms with E-state index < -0.39 is 6.04 Å². The first-order valence-electron chi connectivity index (χ1n) is 6.91. The molecule has 0 bridgehead atoms. The van der Waals surface area contributed by atoms with Gasteiger partial charge in [0.05, 0.1) is 0 Å². The lowest BCUT2D eigenvalue weighted by Gasteiger charge is -2.22. The predicted octanol–water partition coefficient (Wildman–Crippen LogP) is -0.0285. The Morgan fingerprint density at radius 2 is 1.81 bits per heavy atom. The van der Waals surface area contributed by atoms with Gasteiger partial charge in [0.1, 0.15) is 6.04 Å². The number of likely N-dealkylation sites (tertiary alicyclic amines) is 1. The zero-order chi connectivity index (χ0) is 15.8. The number of halogens is 1. The van der Waals surface area contributed by atoms with E-state index in [2.05, 4.69) is 10.6 Å². The van der Waals surface area contributed by atoms with Crippen LogP contribution in [-0.2, 0) is 19.2 Å². The highest BCUT2D eigenvalue weighted by atomic mass is 127.